The van der Waals surface area contributed by atoms with Gasteiger partial charge in [0.25, 0.3) is 0 Å². The zero-order chi connectivity index (χ0) is 17.3. The summed E-state index contributed by atoms with van der Waals surface area (Å²) in [5.74, 6) is -11.4. The third kappa shape index (κ3) is 3.33. The number of carbonyl (C=O) groups is 1. The molecule has 0 fully saturated rings. The van der Waals surface area contributed by atoms with Crippen molar-refractivity contribution in [2.24, 2.45) is 0 Å². The van der Waals surface area contributed by atoms with E-state index in [4.69, 9.17) is 0 Å². The molecule has 0 heterocycles. The largest absolute Gasteiger partial charge is 0.457 e. The standard InChI is InChI=1S/C16H11F5O2/c1-7-3-8(2)5-9(4-7)16(22)23-6-10-11(17)13(19)15(21)14(20)12(10)18/h3-5H,6H2,1-2H3. The lowest BCUT2D eigenvalue weighted by molar-refractivity contribution is 0.0462. The van der Waals surface area contributed by atoms with Crippen LogP contribution in [0.15, 0.2) is 18.2 Å². The van der Waals surface area contributed by atoms with Gasteiger partial charge in [-0.1, -0.05) is 17.2 Å². The van der Waals surface area contributed by atoms with Crippen molar-refractivity contribution in [2.75, 3.05) is 0 Å². The molecule has 0 saturated heterocycles. The highest BCUT2D eigenvalue weighted by molar-refractivity contribution is 5.89. The molecule has 0 aromatic heterocycles. The van der Waals surface area contributed by atoms with Gasteiger partial charge in [0.2, 0.25) is 5.82 Å². The fourth-order valence-corrected chi connectivity index (χ4v) is 2.09. The maximum Gasteiger partial charge on any atom is 0.338 e. The molecule has 23 heavy (non-hydrogen) atoms. The van der Waals surface area contributed by atoms with Gasteiger partial charge in [-0.05, 0) is 26.0 Å². The molecule has 0 atom stereocenters. The Morgan fingerprint density at radius 2 is 1.26 bits per heavy atom. The number of ether oxygens (including phenoxy) is 1. The summed E-state index contributed by atoms with van der Waals surface area (Å²) in [5, 5.41) is 0. The fourth-order valence-electron chi connectivity index (χ4n) is 2.09. The van der Waals surface area contributed by atoms with Crippen LogP contribution in [0, 0.1) is 42.9 Å². The van der Waals surface area contributed by atoms with Gasteiger partial charge in [-0.25, -0.2) is 26.7 Å². The summed E-state index contributed by atoms with van der Waals surface area (Å²) < 4.78 is 70.6. The van der Waals surface area contributed by atoms with Crippen LogP contribution in [0.5, 0.6) is 0 Å². The smallest absolute Gasteiger partial charge is 0.338 e. The topological polar surface area (TPSA) is 26.3 Å². The first kappa shape index (κ1) is 16.9. The Morgan fingerprint density at radius 1 is 0.826 bits per heavy atom. The number of esters is 1. The summed E-state index contributed by atoms with van der Waals surface area (Å²) in [6.45, 7) is 2.39. The second kappa shape index (κ2) is 6.36. The van der Waals surface area contributed by atoms with Crippen LogP contribution < -0.4 is 0 Å². The van der Waals surface area contributed by atoms with Crippen molar-refractivity contribution in [3.05, 3.63) is 69.5 Å². The summed E-state index contributed by atoms with van der Waals surface area (Å²) in [6.07, 6.45) is 0. The molecule has 0 spiro atoms. The zero-order valence-electron chi connectivity index (χ0n) is 12.1. The zero-order valence-corrected chi connectivity index (χ0v) is 12.1. The quantitative estimate of drug-likeness (QED) is 0.362. The summed E-state index contributed by atoms with van der Waals surface area (Å²) in [6, 6.07) is 4.75. The Morgan fingerprint density at radius 3 is 1.74 bits per heavy atom. The first-order valence-corrected chi connectivity index (χ1v) is 6.48. The summed E-state index contributed by atoms with van der Waals surface area (Å²) in [7, 11) is 0. The summed E-state index contributed by atoms with van der Waals surface area (Å²) in [4.78, 5) is 11.9. The SMILES string of the molecule is Cc1cc(C)cc(C(=O)OCc2c(F)c(F)c(F)c(F)c2F)c1. The van der Waals surface area contributed by atoms with E-state index in [2.05, 4.69) is 4.74 Å². The van der Waals surface area contributed by atoms with Crippen LogP contribution in [0.2, 0.25) is 0 Å². The van der Waals surface area contributed by atoms with E-state index < -0.39 is 47.2 Å². The van der Waals surface area contributed by atoms with Crippen molar-refractivity contribution in [2.45, 2.75) is 20.5 Å². The van der Waals surface area contributed by atoms with Crippen LogP contribution in [-0.4, -0.2) is 5.97 Å². The van der Waals surface area contributed by atoms with Crippen LogP contribution in [0.1, 0.15) is 27.0 Å². The van der Waals surface area contributed by atoms with Gasteiger partial charge in [0.1, 0.15) is 6.61 Å². The van der Waals surface area contributed by atoms with Gasteiger partial charge in [0, 0.05) is 0 Å². The minimum atomic E-state index is -2.26. The van der Waals surface area contributed by atoms with Crippen molar-refractivity contribution in [3.63, 3.8) is 0 Å². The third-order valence-electron chi connectivity index (χ3n) is 3.11. The molecule has 2 aromatic carbocycles. The van der Waals surface area contributed by atoms with Crippen LogP contribution in [0.4, 0.5) is 22.0 Å². The van der Waals surface area contributed by atoms with Gasteiger partial charge in [-0.3, -0.25) is 0 Å². The minimum absolute atomic E-state index is 0.117. The fraction of sp³-hybridized carbons (Fsp3) is 0.188. The Bertz CT molecular complexity index is 737. The lowest BCUT2D eigenvalue weighted by Crippen LogP contribution is -2.12. The summed E-state index contributed by atoms with van der Waals surface area (Å²) in [5.41, 5.74) is 0.437. The predicted octanol–water partition coefficient (Wildman–Crippen LogP) is 4.36. The predicted molar refractivity (Wildman–Crippen MR) is 71.3 cm³/mol. The van der Waals surface area contributed by atoms with Gasteiger partial charge in [0.05, 0.1) is 11.1 Å². The molecule has 2 rings (SSSR count). The number of rotatable bonds is 3. The second-order valence-corrected chi connectivity index (χ2v) is 5.00. The Kier molecular flexibility index (Phi) is 4.68. The van der Waals surface area contributed by atoms with Crippen LogP contribution in [0.3, 0.4) is 0 Å². The molecule has 0 N–H and O–H groups in total. The first-order chi connectivity index (χ1) is 10.7. The molecule has 0 unspecified atom stereocenters. The van der Waals surface area contributed by atoms with E-state index in [0.29, 0.717) is 0 Å². The minimum Gasteiger partial charge on any atom is -0.457 e. The van der Waals surface area contributed by atoms with Crippen LogP contribution >= 0.6 is 0 Å². The van der Waals surface area contributed by atoms with E-state index >= 15 is 0 Å². The number of carbonyl (C=O) groups excluding carboxylic acids is 1. The highest BCUT2D eigenvalue weighted by Crippen LogP contribution is 2.24. The number of halogens is 5. The number of hydrogen-bond acceptors (Lipinski definition) is 2. The van der Waals surface area contributed by atoms with E-state index in [-0.39, 0.29) is 5.56 Å². The molecule has 0 aliphatic rings. The molecule has 7 heteroatoms. The van der Waals surface area contributed by atoms with Gasteiger partial charge < -0.3 is 4.74 Å². The normalized spacial score (nSPS) is 10.7. The van der Waals surface area contributed by atoms with Crippen molar-refractivity contribution >= 4 is 5.97 Å². The maximum absolute atomic E-state index is 13.5. The Labute approximate surface area is 128 Å². The number of aryl methyl sites for hydroxylation is 2. The molecule has 0 radical (unpaired) electrons. The maximum atomic E-state index is 13.5. The van der Waals surface area contributed by atoms with E-state index in [1.165, 1.54) is 12.1 Å². The Balaban J connectivity index is 2.26. The van der Waals surface area contributed by atoms with Gasteiger partial charge >= 0.3 is 5.97 Å². The molecule has 0 aliphatic carbocycles. The molecular formula is C16H11F5O2. The van der Waals surface area contributed by atoms with E-state index in [9.17, 15) is 26.7 Å². The molecule has 122 valence electrons. The second-order valence-electron chi connectivity index (χ2n) is 5.00. The van der Waals surface area contributed by atoms with Crippen molar-refractivity contribution < 1.29 is 31.5 Å². The average molecular weight is 330 g/mol. The van der Waals surface area contributed by atoms with E-state index in [1.807, 2.05) is 0 Å². The highest BCUT2D eigenvalue weighted by atomic mass is 19.2. The first-order valence-electron chi connectivity index (χ1n) is 6.48. The molecular weight excluding hydrogens is 319 g/mol. The molecule has 0 amide bonds. The summed E-state index contributed by atoms with van der Waals surface area (Å²) >= 11 is 0. The lowest BCUT2D eigenvalue weighted by Gasteiger charge is -2.10. The van der Waals surface area contributed by atoms with Crippen molar-refractivity contribution in [3.8, 4) is 0 Å². The van der Waals surface area contributed by atoms with Gasteiger partial charge in [-0.15, -0.1) is 0 Å². The highest BCUT2D eigenvalue weighted by Gasteiger charge is 2.26. The van der Waals surface area contributed by atoms with Crippen LogP contribution in [0.25, 0.3) is 0 Å². The molecule has 0 saturated carbocycles. The van der Waals surface area contributed by atoms with E-state index in [1.54, 1.807) is 19.9 Å². The molecule has 0 aliphatic heterocycles. The lowest BCUT2D eigenvalue weighted by atomic mass is 10.1. The molecule has 0 bridgehead atoms. The number of benzene rings is 2. The van der Waals surface area contributed by atoms with Crippen molar-refractivity contribution in [1.29, 1.82) is 0 Å². The molecule has 2 nitrogen and oxygen atoms in total. The third-order valence-corrected chi connectivity index (χ3v) is 3.11. The Hall–Kier alpha value is -2.44. The van der Waals surface area contributed by atoms with Crippen molar-refractivity contribution in [1.82, 2.24) is 0 Å². The number of hydrogen-bond donors (Lipinski definition) is 0. The average Bonchev–Trinajstić information content (AvgIpc) is 2.49. The monoisotopic (exact) mass is 330 g/mol. The van der Waals surface area contributed by atoms with Gasteiger partial charge in [-0.2, -0.15) is 0 Å². The molecule has 2 aromatic rings. The van der Waals surface area contributed by atoms with Gasteiger partial charge in [0.15, 0.2) is 23.3 Å². The van der Waals surface area contributed by atoms with Crippen LogP contribution in [-0.2, 0) is 11.3 Å². The van der Waals surface area contributed by atoms with E-state index in [0.717, 1.165) is 11.1 Å².